The number of hydrogen-bond acceptors (Lipinski definition) is 3. The van der Waals surface area contributed by atoms with E-state index in [4.69, 9.17) is 4.74 Å². The van der Waals surface area contributed by atoms with Gasteiger partial charge in [-0.1, -0.05) is 12.8 Å². The van der Waals surface area contributed by atoms with Gasteiger partial charge >= 0.3 is 6.09 Å². The Kier molecular flexibility index (Phi) is 2.75. The van der Waals surface area contributed by atoms with Crippen molar-refractivity contribution in [3.05, 3.63) is 0 Å². The van der Waals surface area contributed by atoms with Crippen LogP contribution >= 0.6 is 0 Å². The quantitative estimate of drug-likeness (QED) is 0.770. The third-order valence-corrected chi connectivity index (χ3v) is 4.31. The van der Waals surface area contributed by atoms with Crippen molar-refractivity contribution in [3.8, 4) is 0 Å². The topological polar surface area (TPSA) is 41.6 Å². The maximum atomic E-state index is 11.8. The van der Waals surface area contributed by atoms with E-state index in [-0.39, 0.29) is 6.09 Å². The summed E-state index contributed by atoms with van der Waals surface area (Å²) >= 11 is 0. The first-order chi connectivity index (χ1) is 7.86. The lowest BCUT2D eigenvalue weighted by molar-refractivity contribution is 0.139. The fraction of sp³-hybridized carbons (Fsp3) is 0.917. The fourth-order valence-corrected chi connectivity index (χ4v) is 3.42. The van der Waals surface area contributed by atoms with Crippen LogP contribution in [-0.2, 0) is 4.74 Å². The second kappa shape index (κ2) is 4.24. The molecular weight excluding hydrogens is 204 g/mol. The van der Waals surface area contributed by atoms with Gasteiger partial charge in [-0.3, -0.25) is 4.90 Å². The number of rotatable bonds is 2. The fourth-order valence-electron chi connectivity index (χ4n) is 3.42. The normalized spacial score (nSPS) is 36.0. The first kappa shape index (κ1) is 10.4. The van der Waals surface area contributed by atoms with Crippen LogP contribution in [0.2, 0.25) is 0 Å². The van der Waals surface area contributed by atoms with Gasteiger partial charge in [0.2, 0.25) is 0 Å². The first-order valence-electron chi connectivity index (χ1n) is 6.52. The van der Waals surface area contributed by atoms with Crippen LogP contribution in [0.5, 0.6) is 0 Å². The Balaban J connectivity index is 1.73. The highest BCUT2D eigenvalue weighted by atomic mass is 16.6. The Labute approximate surface area is 96.3 Å². The Hall–Kier alpha value is -0.770. The van der Waals surface area contributed by atoms with E-state index in [0.29, 0.717) is 24.6 Å². The number of nitrogens with one attached hydrogen (secondary N) is 1. The van der Waals surface area contributed by atoms with Crippen LogP contribution in [0.3, 0.4) is 0 Å². The summed E-state index contributed by atoms with van der Waals surface area (Å²) < 4.78 is 5.26. The lowest BCUT2D eigenvalue weighted by Crippen LogP contribution is -2.45. The summed E-state index contributed by atoms with van der Waals surface area (Å²) in [5.41, 5.74) is 0. The van der Waals surface area contributed by atoms with E-state index < -0.39 is 0 Å². The maximum absolute atomic E-state index is 11.8. The van der Waals surface area contributed by atoms with Crippen molar-refractivity contribution in [1.82, 2.24) is 10.2 Å². The molecular formula is C12H20N2O2. The second-order valence-electron chi connectivity index (χ2n) is 5.24. The van der Waals surface area contributed by atoms with E-state index >= 15 is 0 Å². The standard InChI is InChI=1S/C12H20N2O2/c15-12-14(10-3-1-2-4-10)11(8-16-12)9-5-6-13-7-9/h9-11,13H,1-8H2. The SMILES string of the molecule is O=C1OCC(C2CCNC2)N1C1CCCC1. The van der Waals surface area contributed by atoms with Gasteiger partial charge in [-0.2, -0.15) is 0 Å². The van der Waals surface area contributed by atoms with Crippen LogP contribution < -0.4 is 5.32 Å². The van der Waals surface area contributed by atoms with Gasteiger partial charge in [-0.25, -0.2) is 4.79 Å². The molecule has 0 aromatic rings. The van der Waals surface area contributed by atoms with E-state index in [2.05, 4.69) is 10.2 Å². The van der Waals surface area contributed by atoms with E-state index in [0.717, 1.165) is 13.1 Å². The number of carbonyl (C=O) groups excluding carboxylic acids is 1. The zero-order chi connectivity index (χ0) is 11.0. The zero-order valence-corrected chi connectivity index (χ0v) is 9.65. The molecule has 0 aromatic carbocycles. The smallest absolute Gasteiger partial charge is 0.410 e. The third kappa shape index (κ3) is 1.69. The largest absolute Gasteiger partial charge is 0.447 e. The molecule has 2 aliphatic heterocycles. The molecule has 0 radical (unpaired) electrons. The van der Waals surface area contributed by atoms with Gasteiger partial charge in [-0.15, -0.1) is 0 Å². The Morgan fingerprint density at radius 3 is 2.75 bits per heavy atom. The van der Waals surface area contributed by atoms with Crippen molar-refractivity contribution >= 4 is 6.09 Å². The van der Waals surface area contributed by atoms with Gasteiger partial charge in [0.1, 0.15) is 6.61 Å². The molecule has 1 saturated carbocycles. The monoisotopic (exact) mass is 224 g/mol. The molecule has 1 N–H and O–H groups in total. The van der Waals surface area contributed by atoms with Crippen LogP contribution in [0.1, 0.15) is 32.1 Å². The van der Waals surface area contributed by atoms with Crippen molar-refractivity contribution < 1.29 is 9.53 Å². The van der Waals surface area contributed by atoms with E-state index in [1.807, 2.05) is 0 Å². The molecule has 3 rings (SSSR count). The molecule has 2 atom stereocenters. The molecule has 2 heterocycles. The molecule has 0 aromatic heterocycles. The highest BCUT2D eigenvalue weighted by Gasteiger charge is 2.43. The summed E-state index contributed by atoms with van der Waals surface area (Å²) in [4.78, 5) is 13.9. The first-order valence-corrected chi connectivity index (χ1v) is 6.52. The third-order valence-electron chi connectivity index (χ3n) is 4.31. The zero-order valence-electron chi connectivity index (χ0n) is 9.65. The molecule has 2 saturated heterocycles. The molecule has 3 fully saturated rings. The van der Waals surface area contributed by atoms with E-state index in [9.17, 15) is 4.79 Å². The predicted octanol–water partition coefficient (Wildman–Crippen LogP) is 1.36. The molecule has 4 nitrogen and oxygen atoms in total. The number of carbonyl (C=O) groups is 1. The molecule has 3 aliphatic rings. The molecule has 1 amide bonds. The summed E-state index contributed by atoms with van der Waals surface area (Å²) in [5.74, 6) is 0.604. The van der Waals surface area contributed by atoms with Crippen molar-refractivity contribution in [2.75, 3.05) is 19.7 Å². The summed E-state index contributed by atoms with van der Waals surface area (Å²) in [6.07, 6.45) is 6.00. The lowest BCUT2D eigenvalue weighted by atomic mass is 9.97. The van der Waals surface area contributed by atoms with E-state index in [1.165, 1.54) is 32.1 Å². The van der Waals surface area contributed by atoms with Crippen LogP contribution in [0.4, 0.5) is 4.79 Å². The molecule has 0 bridgehead atoms. The summed E-state index contributed by atoms with van der Waals surface area (Å²) in [6, 6.07) is 0.797. The summed E-state index contributed by atoms with van der Waals surface area (Å²) in [6.45, 7) is 2.75. The van der Waals surface area contributed by atoms with Gasteiger partial charge < -0.3 is 10.1 Å². The minimum Gasteiger partial charge on any atom is -0.447 e. The van der Waals surface area contributed by atoms with Crippen LogP contribution in [0.15, 0.2) is 0 Å². The molecule has 1 aliphatic carbocycles. The number of amides is 1. The Morgan fingerprint density at radius 1 is 1.25 bits per heavy atom. The predicted molar refractivity (Wildman–Crippen MR) is 60.2 cm³/mol. The number of ether oxygens (including phenoxy) is 1. The minimum atomic E-state index is -0.0659. The maximum Gasteiger partial charge on any atom is 0.410 e. The summed E-state index contributed by atoms with van der Waals surface area (Å²) in [5, 5.41) is 3.38. The molecule has 2 unspecified atom stereocenters. The Bertz CT molecular complexity index is 270. The molecule has 4 heteroatoms. The number of cyclic esters (lactones) is 1. The second-order valence-corrected chi connectivity index (χ2v) is 5.24. The van der Waals surface area contributed by atoms with Gasteiger partial charge in [0, 0.05) is 12.6 Å². The Morgan fingerprint density at radius 2 is 2.06 bits per heavy atom. The van der Waals surface area contributed by atoms with Gasteiger partial charge in [0.25, 0.3) is 0 Å². The van der Waals surface area contributed by atoms with Gasteiger partial charge in [-0.05, 0) is 31.7 Å². The van der Waals surface area contributed by atoms with E-state index in [1.54, 1.807) is 0 Å². The number of nitrogens with zero attached hydrogens (tertiary/aromatic N) is 1. The van der Waals surface area contributed by atoms with Gasteiger partial charge in [0.15, 0.2) is 0 Å². The molecule has 90 valence electrons. The average Bonchev–Trinajstić information content (AvgIpc) is 2.96. The number of hydrogen-bond donors (Lipinski definition) is 1. The van der Waals surface area contributed by atoms with Crippen LogP contribution in [-0.4, -0.2) is 42.8 Å². The van der Waals surface area contributed by atoms with Crippen molar-refractivity contribution in [2.24, 2.45) is 5.92 Å². The van der Waals surface area contributed by atoms with Crippen molar-refractivity contribution in [2.45, 2.75) is 44.2 Å². The highest BCUT2D eigenvalue weighted by Crippen LogP contribution is 2.32. The average molecular weight is 224 g/mol. The van der Waals surface area contributed by atoms with Crippen LogP contribution in [0.25, 0.3) is 0 Å². The lowest BCUT2D eigenvalue weighted by Gasteiger charge is -2.30. The molecule has 16 heavy (non-hydrogen) atoms. The van der Waals surface area contributed by atoms with Crippen LogP contribution in [0, 0.1) is 5.92 Å². The molecule has 0 spiro atoms. The summed E-state index contributed by atoms with van der Waals surface area (Å²) in [7, 11) is 0. The minimum absolute atomic E-state index is 0.0659. The van der Waals surface area contributed by atoms with Crippen molar-refractivity contribution in [1.29, 1.82) is 0 Å². The highest BCUT2D eigenvalue weighted by molar-refractivity contribution is 5.70. The van der Waals surface area contributed by atoms with Crippen molar-refractivity contribution in [3.63, 3.8) is 0 Å². The van der Waals surface area contributed by atoms with Gasteiger partial charge in [0.05, 0.1) is 6.04 Å².